The van der Waals surface area contributed by atoms with Crippen molar-refractivity contribution in [3.05, 3.63) is 17.0 Å². The van der Waals surface area contributed by atoms with Crippen molar-refractivity contribution < 1.29 is 9.90 Å². The summed E-state index contributed by atoms with van der Waals surface area (Å²) in [6.07, 6.45) is 2.32. The van der Waals surface area contributed by atoms with E-state index < -0.39 is 5.60 Å². The third-order valence-corrected chi connectivity index (χ3v) is 4.52. The third-order valence-electron chi connectivity index (χ3n) is 4.52. The molecule has 2 atom stereocenters. The van der Waals surface area contributed by atoms with Crippen molar-refractivity contribution >= 4 is 5.91 Å². The number of aromatic nitrogens is 2. The molecular formula is C18H33N3O2. The Morgan fingerprint density at radius 1 is 1.35 bits per heavy atom. The molecule has 2 unspecified atom stereocenters. The number of amides is 1. The highest BCUT2D eigenvalue weighted by molar-refractivity contribution is 5.78. The van der Waals surface area contributed by atoms with Gasteiger partial charge in [-0.25, -0.2) is 0 Å². The Hall–Kier alpha value is -1.36. The summed E-state index contributed by atoms with van der Waals surface area (Å²) < 4.78 is 1.85. The first-order valence-corrected chi connectivity index (χ1v) is 8.52. The maximum absolute atomic E-state index is 12.3. The SMILES string of the molecule is Cc1nn(C)c(C)c1CC(C)C(=O)NCC(C)(O)CCC(C)C. The van der Waals surface area contributed by atoms with Crippen molar-refractivity contribution in [2.24, 2.45) is 18.9 Å². The van der Waals surface area contributed by atoms with Crippen molar-refractivity contribution in [2.45, 2.75) is 66.4 Å². The molecule has 0 aromatic carbocycles. The topological polar surface area (TPSA) is 67.2 Å². The van der Waals surface area contributed by atoms with Crippen molar-refractivity contribution in [3.8, 4) is 0 Å². The molecule has 0 radical (unpaired) electrons. The molecule has 0 aliphatic heterocycles. The molecule has 5 heteroatoms. The summed E-state index contributed by atoms with van der Waals surface area (Å²) in [4.78, 5) is 12.3. The number of carbonyl (C=O) groups is 1. The minimum atomic E-state index is -0.847. The number of hydrogen-bond acceptors (Lipinski definition) is 3. The van der Waals surface area contributed by atoms with E-state index in [0.717, 1.165) is 23.4 Å². The molecule has 0 bridgehead atoms. The summed E-state index contributed by atoms with van der Waals surface area (Å²) in [5.74, 6) is 0.391. The number of nitrogens with zero attached hydrogens (tertiary/aromatic N) is 2. The van der Waals surface area contributed by atoms with E-state index in [1.54, 1.807) is 6.92 Å². The zero-order chi connectivity index (χ0) is 17.8. The lowest BCUT2D eigenvalue weighted by Gasteiger charge is -2.25. The molecule has 1 aromatic heterocycles. The second-order valence-corrected chi connectivity index (χ2v) is 7.53. The average Bonchev–Trinajstić information content (AvgIpc) is 2.69. The highest BCUT2D eigenvalue weighted by Crippen LogP contribution is 2.18. The fourth-order valence-electron chi connectivity index (χ4n) is 2.65. The van der Waals surface area contributed by atoms with E-state index in [0.29, 0.717) is 25.3 Å². The van der Waals surface area contributed by atoms with Gasteiger partial charge in [-0.1, -0.05) is 20.8 Å². The Labute approximate surface area is 140 Å². The van der Waals surface area contributed by atoms with Gasteiger partial charge in [-0.3, -0.25) is 9.48 Å². The molecule has 1 amide bonds. The van der Waals surface area contributed by atoms with Crippen molar-refractivity contribution in [1.29, 1.82) is 0 Å². The lowest BCUT2D eigenvalue weighted by Crippen LogP contribution is -2.42. The Balaban J connectivity index is 2.54. The van der Waals surface area contributed by atoms with Gasteiger partial charge in [0.1, 0.15) is 0 Å². The van der Waals surface area contributed by atoms with E-state index in [2.05, 4.69) is 24.3 Å². The summed E-state index contributed by atoms with van der Waals surface area (Å²) in [5, 5.41) is 17.6. The number of rotatable bonds is 8. The molecule has 0 spiro atoms. The standard InChI is InChI=1S/C18H33N3O2/c1-12(2)8-9-18(6,23)11-19-17(22)13(3)10-16-14(4)20-21(7)15(16)5/h12-13,23H,8-11H2,1-7H3,(H,19,22). The van der Waals surface area contributed by atoms with Gasteiger partial charge in [-0.15, -0.1) is 0 Å². The summed E-state index contributed by atoms with van der Waals surface area (Å²) >= 11 is 0. The predicted molar refractivity (Wildman–Crippen MR) is 93.3 cm³/mol. The Morgan fingerprint density at radius 2 is 1.96 bits per heavy atom. The summed E-state index contributed by atoms with van der Waals surface area (Å²) in [6.45, 7) is 12.3. The van der Waals surface area contributed by atoms with Crippen molar-refractivity contribution in [3.63, 3.8) is 0 Å². The molecule has 0 saturated carbocycles. The predicted octanol–water partition coefficient (Wildman–Crippen LogP) is 2.52. The third kappa shape index (κ3) is 5.98. The zero-order valence-corrected chi connectivity index (χ0v) is 15.7. The minimum absolute atomic E-state index is 0.0162. The summed E-state index contributed by atoms with van der Waals surface area (Å²) in [7, 11) is 1.92. The first kappa shape index (κ1) is 19.7. The van der Waals surface area contributed by atoms with Gasteiger partial charge in [0.05, 0.1) is 11.3 Å². The van der Waals surface area contributed by atoms with Crippen LogP contribution in [0.1, 0.15) is 57.5 Å². The number of nitrogens with one attached hydrogen (secondary N) is 1. The Kier molecular flexibility index (Phi) is 6.81. The number of aryl methyl sites for hydroxylation is 2. The lowest BCUT2D eigenvalue weighted by atomic mass is 9.94. The summed E-state index contributed by atoms with van der Waals surface area (Å²) in [5.41, 5.74) is 2.38. The highest BCUT2D eigenvalue weighted by Gasteiger charge is 2.24. The van der Waals surface area contributed by atoms with E-state index in [-0.39, 0.29) is 11.8 Å². The molecule has 1 rings (SSSR count). The molecule has 23 heavy (non-hydrogen) atoms. The number of carbonyl (C=O) groups excluding carboxylic acids is 1. The Morgan fingerprint density at radius 3 is 2.43 bits per heavy atom. The highest BCUT2D eigenvalue weighted by atomic mass is 16.3. The number of aliphatic hydroxyl groups is 1. The zero-order valence-electron chi connectivity index (χ0n) is 15.7. The minimum Gasteiger partial charge on any atom is -0.388 e. The molecule has 0 aliphatic carbocycles. The van der Waals surface area contributed by atoms with Crippen LogP contribution in [0.5, 0.6) is 0 Å². The van der Waals surface area contributed by atoms with Gasteiger partial charge >= 0.3 is 0 Å². The van der Waals surface area contributed by atoms with Gasteiger partial charge < -0.3 is 10.4 Å². The van der Waals surface area contributed by atoms with E-state index in [4.69, 9.17) is 0 Å². The van der Waals surface area contributed by atoms with Gasteiger partial charge in [0.25, 0.3) is 0 Å². The van der Waals surface area contributed by atoms with Crippen LogP contribution in [-0.2, 0) is 18.3 Å². The van der Waals surface area contributed by atoms with E-state index in [9.17, 15) is 9.90 Å². The van der Waals surface area contributed by atoms with Crippen LogP contribution in [0.2, 0.25) is 0 Å². The maximum Gasteiger partial charge on any atom is 0.223 e. The van der Waals surface area contributed by atoms with Gasteiger partial charge in [-0.05, 0) is 51.5 Å². The summed E-state index contributed by atoms with van der Waals surface area (Å²) in [6, 6.07) is 0. The van der Waals surface area contributed by atoms with Crippen molar-refractivity contribution in [2.75, 3.05) is 6.54 Å². The van der Waals surface area contributed by atoms with Crippen LogP contribution in [-0.4, -0.2) is 32.9 Å². The second kappa shape index (κ2) is 7.95. The van der Waals surface area contributed by atoms with E-state index >= 15 is 0 Å². The van der Waals surface area contributed by atoms with E-state index in [1.807, 2.05) is 32.5 Å². The van der Waals surface area contributed by atoms with Crippen LogP contribution < -0.4 is 5.32 Å². The van der Waals surface area contributed by atoms with Gasteiger partial charge in [0.15, 0.2) is 0 Å². The molecule has 1 heterocycles. The molecular weight excluding hydrogens is 290 g/mol. The van der Waals surface area contributed by atoms with E-state index in [1.165, 1.54) is 0 Å². The quantitative estimate of drug-likeness (QED) is 0.772. The first-order chi connectivity index (χ1) is 10.5. The van der Waals surface area contributed by atoms with Crippen LogP contribution in [0.3, 0.4) is 0 Å². The van der Waals surface area contributed by atoms with Crippen LogP contribution in [0, 0.1) is 25.7 Å². The average molecular weight is 323 g/mol. The smallest absolute Gasteiger partial charge is 0.223 e. The van der Waals surface area contributed by atoms with Crippen LogP contribution >= 0.6 is 0 Å². The van der Waals surface area contributed by atoms with Gasteiger partial charge in [0, 0.05) is 25.2 Å². The first-order valence-electron chi connectivity index (χ1n) is 8.52. The maximum atomic E-state index is 12.3. The molecule has 2 N–H and O–H groups in total. The molecule has 0 fully saturated rings. The fraction of sp³-hybridized carbons (Fsp3) is 0.778. The van der Waals surface area contributed by atoms with Gasteiger partial charge in [-0.2, -0.15) is 5.10 Å². The molecule has 0 aliphatic rings. The largest absolute Gasteiger partial charge is 0.388 e. The van der Waals surface area contributed by atoms with Crippen LogP contribution in [0.4, 0.5) is 0 Å². The van der Waals surface area contributed by atoms with Gasteiger partial charge in [0.2, 0.25) is 5.91 Å². The molecule has 0 saturated heterocycles. The fourth-order valence-corrected chi connectivity index (χ4v) is 2.65. The molecule has 132 valence electrons. The number of hydrogen-bond donors (Lipinski definition) is 2. The van der Waals surface area contributed by atoms with Crippen LogP contribution in [0.25, 0.3) is 0 Å². The molecule has 1 aromatic rings. The normalized spacial score (nSPS) is 15.5. The Bertz CT molecular complexity index is 533. The second-order valence-electron chi connectivity index (χ2n) is 7.53. The monoisotopic (exact) mass is 323 g/mol. The molecule has 5 nitrogen and oxygen atoms in total. The lowest BCUT2D eigenvalue weighted by molar-refractivity contribution is -0.125. The van der Waals surface area contributed by atoms with Crippen molar-refractivity contribution in [1.82, 2.24) is 15.1 Å². The van der Waals surface area contributed by atoms with Crippen LogP contribution in [0.15, 0.2) is 0 Å².